The molecule has 2 N–H and O–H groups in total. The Balaban J connectivity index is 2.63. The van der Waals surface area contributed by atoms with Crippen molar-refractivity contribution in [1.82, 2.24) is 5.32 Å². The maximum Gasteiger partial charge on any atom is 0.270 e. The van der Waals surface area contributed by atoms with E-state index < -0.39 is 0 Å². The van der Waals surface area contributed by atoms with Crippen LogP contribution in [-0.4, -0.2) is 25.1 Å². The first-order valence-corrected chi connectivity index (χ1v) is 6.45. The van der Waals surface area contributed by atoms with E-state index in [0.29, 0.717) is 5.92 Å². The molecule has 6 heteroatoms. The molecule has 1 unspecified atom stereocenters. The molecule has 0 radical (unpaired) electrons. The third-order valence-electron chi connectivity index (χ3n) is 2.36. The fourth-order valence-electron chi connectivity index (χ4n) is 1.47. The van der Waals surface area contributed by atoms with Crippen LogP contribution in [0.5, 0.6) is 0 Å². The second-order valence-corrected chi connectivity index (χ2v) is 5.13. The summed E-state index contributed by atoms with van der Waals surface area (Å²) in [6.45, 7) is 3.92. The lowest BCUT2D eigenvalue weighted by Gasteiger charge is -2.13. The van der Waals surface area contributed by atoms with E-state index in [1.807, 2.05) is 7.05 Å². The minimum atomic E-state index is -0.379. The molecule has 0 aliphatic heterocycles. The first-order valence-electron chi connectivity index (χ1n) is 5.37. The second-order valence-electron chi connectivity index (χ2n) is 3.97. The average molecular weight is 349 g/mol. The Morgan fingerprint density at radius 1 is 1.47 bits per heavy atom. The zero-order valence-electron chi connectivity index (χ0n) is 9.87. The fraction of sp³-hybridized carbons (Fsp3) is 0.455. The number of benzene rings is 1. The monoisotopic (exact) mass is 349 g/mol. The van der Waals surface area contributed by atoms with E-state index in [4.69, 9.17) is 0 Å². The number of halogens is 1. The van der Waals surface area contributed by atoms with E-state index in [9.17, 15) is 10.1 Å². The predicted octanol–water partition coefficient (Wildman–Crippen LogP) is 2.47. The zero-order chi connectivity index (χ0) is 12.8. The van der Waals surface area contributed by atoms with Crippen LogP contribution in [0.2, 0.25) is 0 Å². The van der Waals surface area contributed by atoms with E-state index >= 15 is 0 Å². The number of anilines is 1. The molecule has 17 heavy (non-hydrogen) atoms. The normalized spacial score (nSPS) is 12.2. The second kappa shape index (κ2) is 6.75. The van der Waals surface area contributed by atoms with Crippen LogP contribution in [0.15, 0.2) is 18.2 Å². The minimum Gasteiger partial charge on any atom is -0.384 e. The molecule has 0 aromatic heterocycles. The lowest BCUT2D eigenvalue weighted by atomic mass is 10.2. The highest BCUT2D eigenvalue weighted by Crippen LogP contribution is 2.23. The van der Waals surface area contributed by atoms with Gasteiger partial charge in [-0.15, -0.1) is 0 Å². The van der Waals surface area contributed by atoms with Gasteiger partial charge in [0.15, 0.2) is 0 Å². The smallest absolute Gasteiger partial charge is 0.270 e. The Bertz CT molecular complexity index is 398. The lowest BCUT2D eigenvalue weighted by Crippen LogP contribution is -2.23. The van der Waals surface area contributed by atoms with Gasteiger partial charge in [0.1, 0.15) is 0 Å². The van der Waals surface area contributed by atoms with E-state index in [-0.39, 0.29) is 10.6 Å². The summed E-state index contributed by atoms with van der Waals surface area (Å²) in [7, 11) is 1.92. The van der Waals surface area contributed by atoms with Crippen LogP contribution < -0.4 is 10.6 Å². The van der Waals surface area contributed by atoms with Crippen molar-refractivity contribution in [1.29, 1.82) is 0 Å². The third-order valence-corrected chi connectivity index (χ3v) is 3.25. The van der Waals surface area contributed by atoms with Crippen LogP contribution in [0, 0.1) is 19.6 Å². The topological polar surface area (TPSA) is 67.2 Å². The summed E-state index contributed by atoms with van der Waals surface area (Å²) < 4.78 is 0.869. The van der Waals surface area contributed by atoms with Crippen LogP contribution in [0.3, 0.4) is 0 Å². The number of nitrogens with zero attached hydrogens (tertiary/aromatic N) is 1. The Hall–Kier alpha value is -0.890. The number of nitro groups is 1. The van der Waals surface area contributed by atoms with E-state index in [1.165, 1.54) is 6.07 Å². The van der Waals surface area contributed by atoms with Gasteiger partial charge in [-0.1, -0.05) is 6.92 Å². The molecule has 0 aliphatic rings. The van der Waals surface area contributed by atoms with E-state index in [1.54, 1.807) is 12.1 Å². The van der Waals surface area contributed by atoms with Crippen molar-refractivity contribution >= 4 is 34.0 Å². The summed E-state index contributed by atoms with van der Waals surface area (Å²) in [6.07, 6.45) is 0. The molecule has 0 fully saturated rings. The summed E-state index contributed by atoms with van der Waals surface area (Å²) in [5.74, 6) is 0.506. The van der Waals surface area contributed by atoms with Crippen LogP contribution >= 0.6 is 22.6 Å². The highest BCUT2D eigenvalue weighted by molar-refractivity contribution is 14.1. The Labute approximate surface area is 114 Å². The molecule has 0 heterocycles. The van der Waals surface area contributed by atoms with Gasteiger partial charge in [-0.2, -0.15) is 0 Å². The number of rotatable bonds is 6. The quantitative estimate of drug-likeness (QED) is 0.470. The Morgan fingerprint density at radius 2 is 2.18 bits per heavy atom. The molecule has 1 rings (SSSR count). The first kappa shape index (κ1) is 14.2. The Kier molecular flexibility index (Phi) is 5.63. The van der Waals surface area contributed by atoms with Crippen molar-refractivity contribution in [2.75, 3.05) is 25.5 Å². The van der Waals surface area contributed by atoms with Crippen LogP contribution in [0.1, 0.15) is 6.92 Å². The van der Waals surface area contributed by atoms with Gasteiger partial charge in [-0.05, 0) is 48.2 Å². The van der Waals surface area contributed by atoms with Gasteiger partial charge in [0.25, 0.3) is 5.69 Å². The summed E-state index contributed by atoms with van der Waals surface area (Å²) in [6, 6.07) is 4.85. The average Bonchev–Trinajstić information content (AvgIpc) is 2.27. The molecular formula is C11H16IN3O2. The molecule has 5 nitrogen and oxygen atoms in total. The van der Waals surface area contributed by atoms with Crippen LogP contribution in [0.25, 0.3) is 0 Å². The predicted molar refractivity (Wildman–Crippen MR) is 77.4 cm³/mol. The molecule has 1 aromatic rings. The molecule has 1 aromatic carbocycles. The fourth-order valence-corrected chi connectivity index (χ4v) is 2.16. The molecular weight excluding hydrogens is 333 g/mol. The van der Waals surface area contributed by atoms with Gasteiger partial charge in [0.2, 0.25) is 0 Å². The molecule has 94 valence electrons. The van der Waals surface area contributed by atoms with Crippen molar-refractivity contribution in [3.63, 3.8) is 0 Å². The van der Waals surface area contributed by atoms with Gasteiger partial charge in [-0.25, -0.2) is 0 Å². The van der Waals surface area contributed by atoms with Gasteiger partial charge >= 0.3 is 0 Å². The van der Waals surface area contributed by atoms with Crippen molar-refractivity contribution in [3.8, 4) is 0 Å². The SMILES string of the molecule is CNCC(C)CNc1ccc([N+](=O)[O-])cc1I. The number of hydrogen-bond donors (Lipinski definition) is 2. The third kappa shape index (κ3) is 4.47. The molecule has 0 amide bonds. The summed E-state index contributed by atoms with van der Waals surface area (Å²) in [4.78, 5) is 10.2. The van der Waals surface area contributed by atoms with Gasteiger partial charge in [0, 0.05) is 27.9 Å². The minimum absolute atomic E-state index is 0.128. The van der Waals surface area contributed by atoms with E-state index in [0.717, 1.165) is 22.3 Å². The number of nitrogens with one attached hydrogen (secondary N) is 2. The maximum atomic E-state index is 10.6. The molecule has 0 bridgehead atoms. The summed E-state index contributed by atoms with van der Waals surface area (Å²) in [5, 5.41) is 17.0. The van der Waals surface area contributed by atoms with Gasteiger partial charge in [0.05, 0.1) is 4.92 Å². The number of non-ortho nitro benzene ring substituents is 1. The number of nitro benzene ring substituents is 1. The molecule has 0 saturated heterocycles. The van der Waals surface area contributed by atoms with Crippen LogP contribution in [0.4, 0.5) is 11.4 Å². The molecule has 0 aliphatic carbocycles. The van der Waals surface area contributed by atoms with Crippen molar-refractivity contribution in [2.24, 2.45) is 5.92 Å². The van der Waals surface area contributed by atoms with Crippen LogP contribution in [-0.2, 0) is 0 Å². The highest BCUT2D eigenvalue weighted by atomic mass is 127. The summed E-state index contributed by atoms with van der Waals surface area (Å²) >= 11 is 2.10. The van der Waals surface area contributed by atoms with E-state index in [2.05, 4.69) is 40.1 Å². The summed E-state index contributed by atoms with van der Waals surface area (Å²) in [5.41, 5.74) is 1.07. The van der Waals surface area contributed by atoms with Crippen molar-refractivity contribution in [2.45, 2.75) is 6.92 Å². The van der Waals surface area contributed by atoms with Crippen molar-refractivity contribution in [3.05, 3.63) is 31.9 Å². The van der Waals surface area contributed by atoms with Gasteiger partial charge < -0.3 is 10.6 Å². The molecule has 0 spiro atoms. The van der Waals surface area contributed by atoms with Gasteiger partial charge in [-0.3, -0.25) is 10.1 Å². The maximum absolute atomic E-state index is 10.6. The molecule has 0 saturated carbocycles. The number of hydrogen-bond acceptors (Lipinski definition) is 4. The zero-order valence-corrected chi connectivity index (χ0v) is 12.0. The largest absolute Gasteiger partial charge is 0.384 e. The standard InChI is InChI=1S/C11H16IN3O2/c1-8(6-13-2)7-14-11-4-3-9(15(16)17)5-10(11)12/h3-5,8,13-14H,6-7H2,1-2H3. The highest BCUT2D eigenvalue weighted by Gasteiger charge is 2.09. The molecule has 1 atom stereocenters. The van der Waals surface area contributed by atoms with Crippen molar-refractivity contribution < 1.29 is 4.92 Å². The first-order chi connectivity index (χ1) is 8.04. The lowest BCUT2D eigenvalue weighted by molar-refractivity contribution is -0.384. The Morgan fingerprint density at radius 3 is 2.71 bits per heavy atom.